The van der Waals surface area contributed by atoms with E-state index in [1.165, 1.54) is 81.2 Å². The van der Waals surface area contributed by atoms with Gasteiger partial charge >= 0.3 is 5.97 Å². The van der Waals surface area contributed by atoms with Crippen LogP contribution >= 0.6 is 0 Å². The van der Waals surface area contributed by atoms with Gasteiger partial charge in [-0.15, -0.1) is 0 Å². The van der Waals surface area contributed by atoms with Crippen LogP contribution in [0.15, 0.2) is 30.5 Å². The van der Waals surface area contributed by atoms with Crippen LogP contribution in [0.1, 0.15) is 105 Å². The molecule has 1 saturated carbocycles. The first-order valence-corrected chi connectivity index (χ1v) is 14.1. The zero-order chi connectivity index (χ0) is 24.0. The van der Waals surface area contributed by atoms with E-state index in [9.17, 15) is 4.79 Å². The molecule has 3 heterocycles. The Bertz CT molecular complexity index is 1000. The molecule has 2 fully saturated rings. The van der Waals surface area contributed by atoms with Gasteiger partial charge in [-0.3, -0.25) is 14.9 Å². The largest absolute Gasteiger partial charge is 0.465 e. The van der Waals surface area contributed by atoms with E-state index in [1.807, 2.05) is 19.2 Å². The van der Waals surface area contributed by atoms with Crippen LogP contribution in [-0.2, 0) is 28.8 Å². The minimum absolute atomic E-state index is 0.111. The Morgan fingerprint density at radius 2 is 2.00 bits per heavy atom. The second-order valence-corrected chi connectivity index (χ2v) is 10.8. The van der Waals surface area contributed by atoms with Gasteiger partial charge in [-0.25, -0.2) is 4.79 Å². The van der Waals surface area contributed by atoms with Crippen LogP contribution in [-0.4, -0.2) is 40.5 Å². The molecule has 1 saturated heterocycles. The van der Waals surface area contributed by atoms with Crippen molar-refractivity contribution in [3.8, 4) is 0 Å². The number of ether oxygens (including phenoxy) is 1. The van der Waals surface area contributed by atoms with Gasteiger partial charge in [0, 0.05) is 41.3 Å². The molecular formula is C30H41N3O2. The zero-order valence-electron chi connectivity index (χ0n) is 21.4. The number of fused-ring (bicyclic) bond motifs is 1. The zero-order valence-corrected chi connectivity index (χ0v) is 21.4. The Hall–Kier alpha value is -2.27. The van der Waals surface area contributed by atoms with E-state index in [0.29, 0.717) is 18.4 Å². The number of rotatable bonds is 11. The molecule has 188 valence electrons. The minimum Gasteiger partial charge on any atom is -0.465 e. The number of carbonyl (C=O) groups excluding carboxylic acids is 1. The predicted octanol–water partition coefficient (Wildman–Crippen LogP) is 5.96. The van der Waals surface area contributed by atoms with Crippen molar-refractivity contribution in [2.45, 2.75) is 95.9 Å². The molecular weight excluding hydrogens is 434 g/mol. The number of carbonyl (C=O) groups is 1. The molecule has 0 N–H and O–H groups in total. The number of nitrogens with zero attached hydrogens (tertiary/aromatic N) is 3. The molecule has 35 heavy (non-hydrogen) atoms. The molecule has 2 aromatic rings. The summed E-state index contributed by atoms with van der Waals surface area (Å²) in [5.41, 5.74) is 6.30. The monoisotopic (exact) mass is 475 g/mol. The smallest absolute Gasteiger partial charge is 0.328 e. The van der Waals surface area contributed by atoms with Gasteiger partial charge in [-0.1, -0.05) is 25.0 Å². The highest BCUT2D eigenvalue weighted by Gasteiger charge is 2.38. The average Bonchev–Trinajstić information content (AvgIpc) is 3.63. The summed E-state index contributed by atoms with van der Waals surface area (Å²) in [5.74, 6) is 1.07. The molecule has 5 heteroatoms. The van der Waals surface area contributed by atoms with Crippen LogP contribution in [0, 0.1) is 5.92 Å². The average molecular weight is 476 g/mol. The second kappa shape index (κ2) is 11.6. The number of aryl methyl sites for hydroxylation is 3. The summed E-state index contributed by atoms with van der Waals surface area (Å²) >= 11 is 0. The van der Waals surface area contributed by atoms with Gasteiger partial charge in [0.2, 0.25) is 0 Å². The summed E-state index contributed by atoms with van der Waals surface area (Å²) in [7, 11) is 0. The third-order valence-corrected chi connectivity index (χ3v) is 8.10. The van der Waals surface area contributed by atoms with Gasteiger partial charge in [0.05, 0.1) is 6.61 Å². The number of likely N-dealkylation sites (tertiary alicyclic amines) is 1. The van der Waals surface area contributed by atoms with Crippen molar-refractivity contribution in [1.29, 1.82) is 0 Å². The molecule has 5 nitrogen and oxygen atoms in total. The second-order valence-electron chi connectivity index (χ2n) is 10.8. The van der Waals surface area contributed by atoms with Crippen molar-refractivity contribution >= 4 is 5.97 Å². The van der Waals surface area contributed by atoms with E-state index in [4.69, 9.17) is 9.72 Å². The number of hydrogen-bond acceptors (Lipinski definition) is 5. The maximum absolute atomic E-state index is 13.1. The molecule has 1 aliphatic heterocycles. The van der Waals surface area contributed by atoms with E-state index in [2.05, 4.69) is 28.1 Å². The van der Waals surface area contributed by atoms with Gasteiger partial charge in [0.25, 0.3) is 0 Å². The molecule has 0 bridgehead atoms. The quantitative estimate of drug-likeness (QED) is 0.296. The molecule has 0 aromatic carbocycles. The number of unbranched alkanes of at least 4 members (excludes halogenated alkanes) is 2. The number of pyridine rings is 2. The Kier molecular flexibility index (Phi) is 8.13. The normalized spacial score (nSPS) is 21.0. The first kappa shape index (κ1) is 24.4. The van der Waals surface area contributed by atoms with E-state index in [0.717, 1.165) is 37.2 Å². The molecule has 0 amide bonds. The predicted molar refractivity (Wildman–Crippen MR) is 138 cm³/mol. The molecule has 3 aliphatic rings. The highest BCUT2D eigenvalue weighted by atomic mass is 16.5. The van der Waals surface area contributed by atoms with E-state index in [-0.39, 0.29) is 12.0 Å². The summed E-state index contributed by atoms with van der Waals surface area (Å²) < 4.78 is 5.54. The molecule has 1 unspecified atom stereocenters. The first-order valence-electron chi connectivity index (χ1n) is 14.1. The van der Waals surface area contributed by atoms with Crippen molar-refractivity contribution in [1.82, 2.24) is 14.9 Å². The van der Waals surface area contributed by atoms with Crippen LogP contribution in [0.2, 0.25) is 0 Å². The van der Waals surface area contributed by atoms with Crippen molar-refractivity contribution in [3.05, 3.63) is 58.7 Å². The van der Waals surface area contributed by atoms with Gasteiger partial charge < -0.3 is 4.74 Å². The molecule has 0 spiro atoms. The molecule has 0 radical (unpaired) electrons. The standard InChI is InChI=1S/C30H41N3O2/c1-2-35-30(34)29(26-12-8-19-31-28(26)24-14-15-24)33-20-18-22(21-33)9-4-3-5-11-25-17-16-23-10-6-7-13-27(23)32-25/h8,12,16-17,19,22,24,29H,2-7,9-11,13-15,18,20-21H2,1H3/t22-,29?/m1/s1. The molecule has 2 aromatic heterocycles. The Labute approximate surface area is 210 Å². The summed E-state index contributed by atoms with van der Waals surface area (Å²) in [6.45, 7) is 4.26. The molecule has 5 rings (SSSR count). The third-order valence-electron chi connectivity index (χ3n) is 8.10. The van der Waals surface area contributed by atoms with Gasteiger partial charge in [0.1, 0.15) is 6.04 Å². The summed E-state index contributed by atoms with van der Waals surface area (Å²) in [6.07, 6.45) is 16.5. The lowest BCUT2D eigenvalue weighted by molar-refractivity contribution is -0.149. The lowest BCUT2D eigenvalue weighted by atomic mass is 9.95. The molecule has 2 aliphatic carbocycles. The maximum atomic E-state index is 13.1. The topological polar surface area (TPSA) is 55.3 Å². The van der Waals surface area contributed by atoms with Gasteiger partial charge in [-0.2, -0.15) is 0 Å². The highest BCUT2D eigenvalue weighted by molar-refractivity contribution is 5.78. The molecule has 2 atom stereocenters. The summed E-state index contributed by atoms with van der Waals surface area (Å²) in [4.78, 5) is 25.0. The van der Waals surface area contributed by atoms with Crippen LogP contribution in [0.5, 0.6) is 0 Å². The summed E-state index contributed by atoms with van der Waals surface area (Å²) in [6, 6.07) is 8.34. The van der Waals surface area contributed by atoms with Gasteiger partial charge in [0.15, 0.2) is 0 Å². The fourth-order valence-corrected chi connectivity index (χ4v) is 6.07. The Morgan fingerprint density at radius 3 is 2.86 bits per heavy atom. The van der Waals surface area contributed by atoms with Crippen LogP contribution in [0.3, 0.4) is 0 Å². The van der Waals surface area contributed by atoms with Crippen LogP contribution in [0.25, 0.3) is 0 Å². The van der Waals surface area contributed by atoms with Crippen molar-refractivity contribution in [3.63, 3.8) is 0 Å². The van der Waals surface area contributed by atoms with Crippen molar-refractivity contribution < 1.29 is 9.53 Å². The maximum Gasteiger partial charge on any atom is 0.328 e. The fourth-order valence-electron chi connectivity index (χ4n) is 6.07. The van der Waals surface area contributed by atoms with Crippen LogP contribution in [0.4, 0.5) is 0 Å². The van der Waals surface area contributed by atoms with E-state index < -0.39 is 0 Å². The highest BCUT2D eigenvalue weighted by Crippen LogP contribution is 2.43. The lowest BCUT2D eigenvalue weighted by Crippen LogP contribution is -2.34. The first-order chi connectivity index (χ1) is 17.2. The van der Waals surface area contributed by atoms with E-state index in [1.54, 1.807) is 0 Å². The number of hydrogen-bond donors (Lipinski definition) is 0. The SMILES string of the molecule is CCOC(=O)C(c1cccnc1C1CC1)N1CC[C@@H](CCCCCc2ccc3c(n2)CCCC3)C1. The Balaban J connectivity index is 1.11. The number of aromatic nitrogens is 2. The third kappa shape index (κ3) is 6.11. The van der Waals surface area contributed by atoms with Crippen molar-refractivity contribution in [2.24, 2.45) is 5.92 Å². The van der Waals surface area contributed by atoms with Crippen LogP contribution < -0.4 is 0 Å². The van der Waals surface area contributed by atoms with E-state index >= 15 is 0 Å². The number of esters is 1. The summed E-state index contributed by atoms with van der Waals surface area (Å²) in [5, 5.41) is 0. The minimum atomic E-state index is -0.306. The van der Waals surface area contributed by atoms with Crippen molar-refractivity contribution in [2.75, 3.05) is 19.7 Å². The lowest BCUT2D eigenvalue weighted by Gasteiger charge is -2.28. The fraction of sp³-hybridized carbons (Fsp3) is 0.633. The van der Waals surface area contributed by atoms with Gasteiger partial charge in [-0.05, 0) is 101 Å². The Morgan fingerprint density at radius 1 is 1.11 bits per heavy atom.